The second kappa shape index (κ2) is 12.8. The molecule has 4 heterocycles. The van der Waals surface area contributed by atoms with E-state index < -0.39 is 20.0 Å². The highest BCUT2D eigenvalue weighted by Gasteiger charge is 2.66. The van der Waals surface area contributed by atoms with E-state index in [0.717, 1.165) is 34.6 Å². The Kier molecular flexibility index (Phi) is 8.68. The van der Waals surface area contributed by atoms with E-state index in [4.69, 9.17) is 9.47 Å². The van der Waals surface area contributed by atoms with Crippen molar-refractivity contribution in [1.82, 2.24) is 15.0 Å². The predicted molar refractivity (Wildman–Crippen MR) is 187 cm³/mol. The maximum Gasteiger partial charge on any atom is 0.264 e. The third-order valence-electron chi connectivity index (χ3n) is 10.6. The summed E-state index contributed by atoms with van der Waals surface area (Å²) in [6.45, 7) is 7.27. The van der Waals surface area contributed by atoms with Crippen molar-refractivity contribution >= 4 is 31.5 Å². The number of anilines is 2. The van der Waals surface area contributed by atoms with Gasteiger partial charge in [0.25, 0.3) is 5.91 Å². The lowest BCUT2D eigenvalue weighted by atomic mass is 9.82. The minimum absolute atomic E-state index is 0.0927. The molecule has 0 saturated carbocycles. The van der Waals surface area contributed by atoms with E-state index in [-0.39, 0.29) is 35.8 Å². The number of aryl methyl sites for hydroxylation is 1. The maximum absolute atomic E-state index is 14.8. The van der Waals surface area contributed by atoms with Crippen molar-refractivity contribution in [3.63, 3.8) is 0 Å². The van der Waals surface area contributed by atoms with Crippen LogP contribution in [0.3, 0.4) is 0 Å². The van der Waals surface area contributed by atoms with Crippen LogP contribution in [0.2, 0.25) is 18.6 Å². The number of aliphatic hydroxyl groups excluding tert-OH is 1. The lowest BCUT2D eigenvalue weighted by Crippen LogP contribution is -2.46. The Morgan fingerprint density at radius 1 is 1.08 bits per heavy atom. The summed E-state index contributed by atoms with van der Waals surface area (Å²) in [5.74, 6) is -0.0340. The number of ether oxygens (including phenoxy) is 2. The van der Waals surface area contributed by atoms with Gasteiger partial charge in [0.2, 0.25) is 5.91 Å². The molecule has 0 radical (unpaired) electrons. The van der Waals surface area contributed by atoms with E-state index in [1.807, 2.05) is 99.0 Å². The topological polar surface area (TPSA) is 130 Å². The molecule has 1 unspecified atom stereocenters. The number of amides is 2. The van der Waals surface area contributed by atoms with Gasteiger partial charge in [-0.15, -0.1) is 5.10 Å². The van der Waals surface area contributed by atoms with Crippen LogP contribution in [0.4, 0.5) is 11.4 Å². The Hall–Kier alpha value is -4.36. The van der Waals surface area contributed by atoms with Crippen LogP contribution in [-0.4, -0.2) is 71.4 Å². The van der Waals surface area contributed by atoms with Crippen molar-refractivity contribution in [3.8, 4) is 5.75 Å². The molecule has 5 atom stereocenters. The van der Waals surface area contributed by atoms with Gasteiger partial charge >= 0.3 is 0 Å². The Morgan fingerprint density at radius 2 is 1.84 bits per heavy atom. The molecular weight excluding hydrogens is 639 g/mol. The fraction of sp³-hybridized carbons (Fsp3) is 0.405. The lowest BCUT2D eigenvalue weighted by Gasteiger charge is -2.32. The third kappa shape index (κ3) is 5.76. The average Bonchev–Trinajstić information content (AvgIpc) is 3.74. The van der Waals surface area contributed by atoms with Crippen molar-refractivity contribution in [2.24, 2.45) is 5.92 Å². The zero-order valence-corrected chi connectivity index (χ0v) is 29.3. The van der Waals surface area contributed by atoms with Gasteiger partial charge in [0.05, 0.1) is 43.7 Å². The highest BCUT2D eigenvalue weighted by Crippen LogP contribution is 2.60. The molecule has 4 aromatic rings. The maximum atomic E-state index is 14.8. The van der Waals surface area contributed by atoms with E-state index >= 15 is 0 Å². The number of rotatable bonds is 11. The van der Waals surface area contributed by atoms with Crippen LogP contribution in [0.5, 0.6) is 5.75 Å². The lowest BCUT2D eigenvalue weighted by molar-refractivity contribution is -0.146. The number of methoxy groups -OCH3 is 1. The minimum Gasteiger partial charge on any atom is -0.497 e. The van der Waals surface area contributed by atoms with Crippen LogP contribution in [0.1, 0.15) is 48.1 Å². The van der Waals surface area contributed by atoms with Crippen molar-refractivity contribution in [2.75, 3.05) is 30.1 Å². The first kappa shape index (κ1) is 33.1. The normalized spacial score (nSPS) is 24.0. The van der Waals surface area contributed by atoms with Crippen molar-refractivity contribution in [1.29, 1.82) is 0 Å². The predicted octanol–water partition coefficient (Wildman–Crippen LogP) is 4.58. The first-order valence-corrected chi connectivity index (χ1v) is 19.9. The Balaban J connectivity index is 1.17. The molecule has 3 aromatic carbocycles. The number of aliphatic hydroxyl groups is 1. The summed E-state index contributed by atoms with van der Waals surface area (Å²) in [4.78, 5) is 42.0. The number of benzene rings is 3. The zero-order valence-electron chi connectivity index (χ0n) is 28.3. The van der Waals surface area contributed by atoms with E-state index in [2.05, 4.69) is 10.3 Å². The minimum atomic E-state index is -2.87. The fourth-order valence-corrected chi connectivity index (χ4v) is 10.7. The number of carbonyl (C=O) groups is 2. The van der Waals surface area contributed by atoms with Gasteiger partial charge < -0.3 is 29.2 Å². The number of β-lactam (4-membered cyclic amide) rings is 1. The molecule has 2 amide bonds. The van der Waals surface area contributed by atoms with Gasteiger partial charge in [-0.05, 0) is 61.0 Å². The van der Waals surface area contributed by atoms with Crippen LogP contribution < -0.4 is 14.5 Å². The van der Waals surface area contributed by atoms with Gasteiger partial charge in [-0.2, -0.15) is 0 Å². The number of carbonyl (C=O) groups excluding carboxylic acids is 2. The summed E-state index contributed by atoms with van der Waals surface area (Å²) in [5, 5.41) is 18.9. The number of nitrogens with zero attached hydrogens (tertiary/aromatic N) is 5. The standard InChI is InChI=1S/C37H43N5O6Si/c1-24-35(49(3,4)46)33(16-18-40-22-31(38-39-40)29(23-43)26-8-6-5-7-9-26)48-37(24)30-20-28(47-2)14-15-32(30)42(36(37)45)21-25-10-12-27(13-11-25)41-19-17-34(41)44/h5-15,20,22,24,29,33,35,43,46H,16-19,21,23H2,1-4H3/t24-,29?,33+,35-,37+/m1/s1. The first-order chi connectivity index (χ1) is 23.5. The van der Waals surface area contributed by atoms with Crippen LogP contribution in [0.25, 0.3) is 0 Å². The molecule has 12 heteroatoms. The monoisotopic (exact) mass is 681 g/mol. The molecule has 2 saturated heterocycles. The van der Waals surface area contributed by atoms with E-state index in [9.17, 15) is 19.5 Å². The van der Waals surface area contributed by atoms with Crippen LogP contribution in [0, 0.1) is 5.92 Å². The number of fused-ring (bicyclic) bond motifs is 2. The molecule has 2 N–H and O–H groups in total. The zero-order chi connectivity index (χ0) is 34.5. The van der Waals surface area contributed by atoms with E-state index in [0.29, 0.717) is 37.4 Å². The van der Waals surface area contributed by atoms with Gasteiger partial charge in [0.1, 0.15) is 5.75 Å². The second-order valence-corrected chi connectivity index (χ2v) is 17.9. The molecule has 1 aromatic heterocycles. The molecule has 1 spiro atoms. The van der Waals surface area contributed by atoms with E-state index in [1.54, 1.807) is 21.6 Å². The summed E-state index contributed by atoms with van der Waals surface area (Å²) in [7, 11) is -1.27. The van der Waals surface area contributed by atoms with Gasteiger partial charge in [-0.1, -0.05) is 54.6 Å². The van der Waals surface area contributed by atoms with Crippen molar-refractivity contribution in [3.05, 3.63) is 101 Å². The summed E-state index contributed by atoms with van der Waals surface area (Å²) < 4.78 is 14.4. The highest BCUT2D eigenvalue weighted by atomic mass is 28.4. The summed E-state index contributed by atoms with van der Waals surface area (Å²) in [6.07, 6.45) is 2.51. The Morgan fingerprint density at radius 3 is 2.47 bits per heavy atom. The largest absolute Gasteiger partial charge is 0.497 e. The fourth-order valence-electron chi connectivity index (χ4n) is 8.06. The summed E-state index contributed by atoms with van der Waals surface area (Å²) in [5.41, 5.74) is 3.36. The molecule has 2 fully saturated rings. The molecular formula is C37H43N5O6Si. The van der Waals surface area contributed by atoms with Crippen molar-refractivity contribution < 1.29 is 29.0 Å². The summed E-state index contributed by atoms with van der Waals surface area (Å²) in [6, 6.07) is 23.2. The van der Waals surface area contributed by atoms with E-state index in [1.165, 1.54) is 0 Å². The van der Waals surface area contributed by atoms with Gasteiger partial charge in [0.15, 0.2) is 13.9 Å². The number of hydrogen-bond acceptors (Lipinski definition) is 8. The van der Waals surface area contributed by atoms with Gasteiger partial charge in [-0.25, -0.2) is 0 Å². The molecule has 0 bridgehead atoms. The molecule has 49 heavy (non-hydrogen) atoms. The molecule has 3 aliphatic heterocycles. The number of aromatic nitrogens is 3. The highest BCUT2D eigenvalue weighted by molar-refractivity contribution is 6.71. The third-order valence-corrected chi connectivity index (χ3v) is 13.1. The second-order valence-electron chi connectivity index (χ2n) is 13.9. The quantitative estimate of drug-likeness (QED) is 0.174. The van der Waals surface area contributed by atoms with Crippen LogP contribution >= 0.6 is 0 Å². The van der Waals surface area contributed by atoms with Gasteiger partial charge in [-0.3, -0.25) is 14.3 Å². The van der Waals surface area contributed by atoms with Crippen LogP contribution in [0.15, 0.2) is 79.0 Å². The Labute approximate surface area is 287 Å². The van der Waals surface area contributed by atoms with Crippen molar-refractivity contribution in [2.45, 2.75) is 69.1 Å². The average molecular weight is 682 g/mol. The summed E-state index contributed by atoms with van der Waals surface area (Å²) >= 11 is 0. The molecule has 0 aliphatic carbocycles. The first-order valence-electron chi connectivity index (χ1n) is 16.9. The SMILES string of the molecule is COc1ccc2c(c1)[C@]1(O[C@@H](CCn3cc(C(CO)c4ccccc4)nn3)[C@H]([Si](C)(C)O)[C@H]1C)C(=O)N2Cc1ccc(N2CCC2=O)cc1. The molecule has 11 nitrogen and oxygen atoms in total. The van der Waals surface area contributed by atoms with Crippen LogP contribution in [-0.2, 0) is 33.0 Å². The molecule has 7 rings (SSSR count). The smallest absolute Gasteiger partial charge is 0.264 e. The Bertz CT molecular complexity index is 1840. The molecule has 256 valence electrons. The molecule has 3 aliphatic rings. The number of hydrogen-bond donors (Lipinski definition) is 2. The van der Waals surface area contributed by atoms with Gasteiger partial charge in [0, 0.05) is 48.4 Å².